The van der Waals surface area contributed by atoms with E-state index in [9.17, 15) is 4.79 Å². The number of thiocarbonyl (C=S) groups is 1. The number of nitrogens with zero attached hydrogens (tertiary/aromatic N) is 1. The fourth-order valence-corrected chi connectivity index (χ4v) is 2.50. The molecule has 0 aliphatic carbocycles. The van der Waals surface area contributed by atoms with Gasteiger partial charge in [0, 0.05) is 24.5 Å². The van der Waals surface area contributed by atoms with E-state index in [1.54, 1.807) is 18.0 Å². The first-order valence-corrected chi connectivity index (χ1v) is 7.49. The molecule has 2 N–H and O–H groups in total. The molecule has 0 saturated heterocycles. The normalized spacial score (nSPS) is 10.1. The van der Waals surface area contributed by atoms with Crippen molar-refractivity contribution in [1.82, 2.24) is 4.90 Å². The van der Waals surface area contributed by atoms with E-state index in [4.69, 9.17) is 22.7 Å². The van der Waals surface area contributed by atoms with Gasteiger partial charge in [-0.05, 0) is 34.1 Å². The van der Waals surface area contributed by atoms with Gasteiger partial charge < -0.3 is 15.4 Å². The first kappa shape index (κ1) is 16.4. The average Bonchev–Trinajstić information content (AvgIpc) is 2.34. The molecular weight excluding hydrogens is 396 g/mol. The van der Waals surface area contributed by atoms with Gasteiger partial charge in [0.25, 0.3) is 5.91 Å². The molecule has 0 bridgehead atoms. The topological polar surface area (TPSA) is 55.6 Å². The van der Waals surface area contributed by atoms with Gasteiger partial charge in [-0.25, -0.2) is 0 Å². The van der Waals surface area contributed by atoms with Gasteiger partial charge in [-0.2, -0.15) is 0 Å². The average molecular weight is 410 g/mol. The van der Waals surface area contributed by atoms with Gasteiger partial charge in [-0.3, -0.25) is 4.79 Å². The van der Waals surface area contributed by atoms with Crippen LogP contribution in [0.3, 0.4) is 0 Å². The molecule has 0 unspecified atom stereocenters. The van der Waals surface area contributed by atoms with E-state index >= 15 is 0 Å². The Hall–Kier alpha value is -0.660. The number of carbonyl (C=O) groups excluding carboxylic acids is 1. The van der Waals surface area contributed by atoms with Crippen molar-refractivity contribution in [3.05, 3.63) is 27.1 Å². The van der Waals surface area contributed by atoms with Crippen molar-refractivity contribution in [2.24, 2.45) is 5.73 Å². The molecule has 1 amide bonds. The highest BCUT2D eigenvalue weighted by Crippen LogP contribution is 2.28. The summed E-state index contributed by atoms with van der Waals surface area (Å²) in [7, 11) is 1.70. The predicted octanol–water partition coefficient (Wildman–Crippen LogP) is 2.73. The number of amides is 1. The number of carbonyl (C=O) groups is 1. The zero-order chi connectivity index (χ0) is 14.4. The van der Waals surface area contributed by atoms with Crippen molar-refractivity contribution in [2.75, 3.05) is 20.2 Å². The zero-order valence-electron chi connectivity index (χ0n) is 10.4. The van der Waals surface area contributed by atoms with Crippen molar-refractivity contribution in [3.63, 3.8) is 0 Å². The van der Waals surface area contributed by atoms with Crippen LogP contribution in [0.5, 0.6) is 5.75 Å². The first-order chi connectivity index (χ1) is 8.90. The molecule has 0 aliphatic rings. The van der Waals surface area contributed by atoms with Crippen LogP contribution in [-0.2, 0) is 4.79 Å². The maximum Gasteiger partial charge on any atom is 0.260 e. The Bertz CT molecular complexity index is 483. The number of halogens is 2. The van der Waals surface area contributed by atoms with Crippen LogP contribution in [-0.4, -0.2) is 36.0 Å². The third-order valence-electron chi connectivity index (χ3n) is 2.36. The molecular formula is C12H14Br2N2O2S. The summed E-state index contributed by atoms with van der Waals surface area (Å²) >= 11 is 11.5. The summed E-state index contributed by atoms with van der Waals surface area (Å²) < 4.78 is 7.19. The molecule has 19 heavy (non-hydrogen) atoms. The largest absolute Gasteiger partial charge is 0.483 e. The minimum atomic E-state index is -0.119. The van der Waals surface area contributed by atoms with Crippen molar-refractivity contribution < 1.29 is 9.53 Å². The van der Waals surface area contributed by atoms with Crippen molar-refractivity contribution in [1.29, 1.82) is 0 Å². The summed E-state index contributed by atoms with van der Waals surface area (Å²) in [6.45, 7) is 0.479. The maximum absolute atomic E-state index is 11.8. The lowest BCUT2D eigenvalue weighted by Gasteiger charge is -2.17. The Kier molecular flexibility index (Phi) is 6.74. The van der Waals surface area contributed by atoms with E-state index in [0.717, 1.165) is 8.95 Å². The Morgan fingerprint density at radius 3 is 2.74 bits per heavy atom. The summed E-state index contributed by atoms with van der Waals surface area (Å²) in [6, 6.07) is 5.49. The molecule has 0 heterocycles. The number of benzene rings is 1. The molecule has 0 saturated carbocycles. The van der Waals surface area contributed by atoms with E-state index in [-0.39, 0.29) is 12.5 Å². The third kappa shape index (κ3) is 5.88. The van der Waals surface area contributed by atoms with E-state index < -0.39 is 0 Å². The standard InChI is InChI=1S/C12H14Br2N2O2S/c1-16(5-4-11(15)19)12(17)7-18-10-3-2-8(13)6-9(10)14/h2-3,6H,4-5,7H2,1H3,(H2,15,19). The monoisotopic (exact) mass is 408 g/mol. The van der Waals surface area contributed by atoms with E-state index in [2.05, 4.69) is 31.9 Å². The number of nitrogens with two attached hydrogens (primary N) is 1. The summed E-state index contributed by atoms with van der Waals surface area (Å²) in [4.78, 5) is 13.7. The smallest absolute Gasteiger partial charge is 0.260 e. The van der Waals surface area contributed by atoms with Gasteiger partial charge in [0.2, 0.25) is 0 Å². The van der Waals surface area contributed by atoms with Gasteiger partial charge in [-0.1, -0.05) is 28.1 Å². The van der Waals surface area contributed by atoms with Crippen LogP contribution in [0.25, 0.3) is 0 Å². The fourth-order valence-electron chi connectivity index (χ4n) is 1.24. The number of likely N-dealkylation sites (N-methyl/N-ethyl adjacent to an activating group) is 1. The van der Waals surface area contributed by atoms with Crippen LogP contribution in [0, 0.1) is 0 Å². The molecule has 0 spiro atoms. The quantitative estimate of drug-likeness (QED) is 0.734. The lowest BCUT2D eigenvalue weighted by atomic mass is 10.3. The number of hydrogen-bond acceptors (Lipinski definition) is 3. The van der Waals surface area contributed by atoms with Crippen molar-refractivity contribution in [3.8, 4) is 5.75 Å². The SMILES string of the molecule is CN(CCC(N)=S)C(=O)COc1ccc(Br)cc1Br. The second-order valence-corrected chi connectivity index (χ2v) is 6.19. The lowest BCUT2D eigenvalue weighted by Crippen LogP contribution is -2.33. The summed E-state index contributed by atoms with van der Waals surface area (Å²) in [5.74, 6) is 0.505. The molecule has 7 heteroatoms. The van der Waals surface area contributed by atoms with Gasteiger partial charge in [0.1, 0.15) is 5.75 Å². The minimum absolute atomic E-state index is 0.0198. The first-order valence-electron chi connectivity index (χ1n) is 5.50. The van der Waals surface area contributed by atoms with Gasteiger partial charge in [-0.15, -0.1) is 0 Å². The maximum atomic E-state index is 11.8. The number of hydrogen-bond donors (Lipinski definition) is 1. The minimum Gasteiger partial charge on any atom is -0.483 e. The highest BCUT2D eigenvalue weighted by molar-refractivity contribution is 9.11. The lowest BCUT2D eigenvalue weighted by molar-refractivity contribution is -0.131. The van der Waals surface area contributed by atoms with Crippen LogP contribution in [0.1, 0.15) is 6.42 Å². The Labute approximate surface area is 134 Å². The highest BCUT2D eigenvalue weighted by atomic mass is 79.9. The zero-order valence-corrected chi connectivity index (χ0v) is 14.3. The van der Waals surface area contributed by atoms with Crippen molar-refractivity contribution >= 4 is 55.0 Å². The molecule has 4 nitrogen and oxygen atoms in total. The predicted molar refractivity (Wildman–Crippen MR) is 86.4 cm³/mol. The highest BCUT2D eigenvalue weighted by Gasteiger charge is 2.11. The van der Waals surface area contributed by atoms with E-state index in [0.29, 0.717) is 23.7 Å². The van der Waals surface area contributed by atoms with Crippen LogP contribution in [0.4, 0.5) is 0 Å². The second kappa shape index (κ2) is 7.81. The molecule has 0 atom stereocenters. The van der Waals surface area contributed by atoms with Gasteiger partial charge >= 0.3 is 0 Å². The van der Waals surface area contributed by atoms with Crippen LogP contribution in [0.15, 0.2) is 27.1 Å². The van der Waals surface area contributed by atoms with Crippen LogP contribution >= 0.6 is 44.1 Å². The molecule has 1 aromatic carbocycles. The molecule has 0 aliphatic heterocycles. The van der Waals surface area contributed by atoms with Gasteiger partial charge in [0.15, 0.2) is 6.61 Å². The fraction of sp³-hybridized carbons (Fsp3) is 0.333. The van der Waals surface area contributed by atoms with Gasteiger partial charge in [0.05, 0.1) is 9.46 Å². The van der Waals surface area contributed by atoms with Crippen LogP contribution in [0.2, 0.25) is 0 Å². The van der Waals surface area contributed by atoms with E-state index in [1.807, 2.05) is 12.1 Å². The third-order valence-corrected chi connectivity index (χ3v) is 3.68. The second-order valence-electron chi connectivity index (χ2n) is 3.90. The van der Waals surface area contributed by atoms with E-state index in [1.165, 1.54) is 0 Å². The molecule has 1 aromatic rings. The summed E-state index contributed by atoms with van der Waals surface area (Å²) in [5, 5.41) is 0. The number of rotatable bonds is 6. The molecule has 0 fully saturated rings. The Balaban J connectivity index is 2.47. The molecule has 0 aromatic heterocycles. The summed E-state index contributed by atoms with van der Waals surface area (Å²) in [5.41, 5.74) is 5.39. The van der Waals surface area contributed by atoms with Crippen LogP contribution < -0.4 is 10.5 Å². The number of ether oxygens (including phenoxy) is 1. The Morgan fingerprint density at radius 1 is 1.47 bits per heavy atom. The van der Waals surface area contributed by atoms with Crippen molar-refractivity contribution in [2.45, 2.75) is 6.42 Å². The molecule has 0 radical (unpaired) electrons. The summed E-state index contributed by atoms with van der Waals surface area (Å²) in [6.07, 6.45) is 0.513. The molecule has 1 rings (SSSR count). The molecule has 104 valence electrons. The Morgan fingerprint density at radius 2 is 2.16 bits per heavy atom.